The summed E-state index contributed by atoms with van der Waals surface area (Å²) in [6.45, 7) is 6.09. The molecule has 0 aromatic carbocycles. The monoisotopic (exact) mass is 263 g/mol. The van der Waals surface area contributed by atoms with Crippen molar-refractivity contribution < 1.29 is 4.79 Å². The Morgan fingerprint density at radius 2 is 2.22 bits per heavy atom. The summed E-state index contributed by atoms with van der Waals surface area (Å²) in [4.78, 5) is 13.1. The van der Waals surface area contributed by atoms with Gasteiger partial charge in [-0.05, 0) is 30.4 Å². The molecule has 1 unspecified atom stereocenters. The van der Waals surface area contributed by atoms with E-state index in [4.69, 9.17) is 0 Å². The van der Waals surface area contributed by atoms with Gasteiger partial charge in [-0.15, -0.1) is 11.3 Å². The van der Waals surface area contributed by atoms with Gasteiger partial charge in [-0.1, -0.05) is 19.9 Å². The number of rotatable bonds is 4. The molecule has 1 amide bonds. The molecule has 96 valence electrons. The maximum absolute atomic E-state index is 12.0. The van der Waals surface area contributed by atoms with Gasteiger partial charge in [-0.25, -0.2) is 0 Å². The second kappa shape index (κ2) is 5.35. The van der Waals surface area contributed by atoms with Crippen LogP contribution in [0.5, 0.6) is 0 Å². The molecule has 0 spiro atoms. The van der Waals surface area contributed by atoms with E-state index in [1.807, 2.05) is 24.4 Å². The zero-order chi connectivity index (χ0) is 13.1. The summed E-state index contributed by atoms with van der Waals surface area (Å²) in [5, 5.41) is 11.9. The van der Waals surface area contributed by atoms with Crippen molar-refractivity contribution in [3.63, 3.8) is 0 Å². The number of H-pyrrole nitrogens is 1. The Bertz CT molecular complexity index is 516. The summed E-state index contributed by atoms with van der Waals surface area (Å²) in [5.41, 5.74) is 1.42. The maximum Gasteiger partial charge on any atom is 0.272 e. The number of hydrogen-bond acceptors (Lipinski definition) is 3. The van der Waals surface area contributed by atoms with E-state index in [0.29, 0.717) is 11.6 Å². The Hall–Kier alpha value is -1.62. The minimum Gasteiger partial charge on any atom is -0.343 e. The number of nitrogens with zero attached hydrogens (tertiary/aromatic N) is 1. The van der Waals surface area contributed by atoms with Crippen molar-refractivity contribution in [3.05, 3.63) is 39.8 Å². The average molecular weight is 263 g/mol. The van der Waals surface area contributed by atoms with Gasteiger partial charge in [0.15, 0.2) is 0 Å². The predicted molar refractivity (Wildman–Crippen MR) is 72.9 cm³/mol. The molecule has 0 aliphatic carbocycles. The molecule has 2 aromatic rings. The van der Waals surface area contributed by atoms with Crippen LogP contribution in [0.25, 0.3) is 0 Å². The first-order valence-corrected chi connectivity index (χ1v) is 6.85. The van der Waals surface area contributed by atoms with Crippen molar-refractivity contribution in [2.45, 2.75) is 32.7 Å². The summed E-state index contributed by atoms with van der Waals surface area (Å²) in [7, 11) is 0. The number of carbonyl (C=O) groups excluding carboxylic acids is 1. The van der Waals surface area contributed by atoms with Crippen LogP contribution in [-0.4, -0.2) is 16.1 Å². The van der Waals surface area contributed by atoms with Gasteiger partial charge >= 0.3 is 0 Å². The smallest absolute Gasteiger partial charge is 0.272 e. The van der Waals surface area contributed by atoms with E-state index in [1.54, 1.807) is 17.4 Å². The van der Waals surface area contributed by atoms with Crippen LogP contribution < -0.4 is 5.32 Å². The van der Waals surface area contributed by atoms with Crippen molar-refractivity contribution in [1.82, 2.24) is 15.5 Å². The fraction of sp³-hybridized carbons (Fsp3) is 0.385. The van der Waals surface area contributed by atoms with E-state index < -0.39 is 0 Å². The molecular weight excluding hydrogens is 246 g/mol. The van der Waals surface area contributed by atoms with Gasteiger partial charge in [0.25, 0.3) is 5.91 Å². The van der Waals surface area contributed by atoms with Crippen LogP contribution in [0.4, 0.5) is 0 Å². The van der Waals surface area contributed by atoms with Crippen LogP contribution in [0.15, 0.2) is 23.6 Å². The van der Waals surface area contributed by atoms with Gasteiger partial charge < -0.3 is 5.32 Å². The lowest BCUT2D eigenvalue weighted by Crippen LogP contribution is -2.26. The fourth-order valence-corrected chi connectivity index (χ4v) is 2.36. The van der Waals surface area contributed by atoms with Gasteiger partial charge in [-0.2, -0.15) is 5.10 Å². The van der Waals surface area contributed by atoms with Crippen molar-refractivity contribution in [2.75, 3.05) is 0 Å². The Morgan fingerprint density at radius 3 is 2.78 bits per heavy atom. The van der Waals surface area contributed by atoms with E-state index in [-0.39, 0.29) is 11.9 Å². The number of nitrogens with one attached hydrogen (secondary N) is 2. The van der Waals surface area contributed by atoms with Crippen LogP contribution >= 0.6 is 11.3 Å². The van der Waals surface area contributed by atoms with Crippen LogP contribution in [0, 0.1) is 0 Å². The molecule has 0 saturated heterocycles. The molecule has 0 aliphatic rings. The number of hydrogen-bond donors (Lipinski definition) is 2. The first-order valence-electron chi connectivity index (χ1n) is 5.97. The highest BCUT2D eigenvalue weighted by atomic mass is 32.1. The minimum absolute atomic E-state index is 0.0108. The van der Waals surface area contributed by atoms with Crippen LogP contribution in [0.2, 0.25) is 0 Å². The molecule has 1 atom stereocenters. The Labute approximate surface area is 110 Å². The molecule has 2 heterocycles. The third-order valence-electron chi connectivity index (χ3n) is 2.77. The largest absolute Gasteiger partial charge is 0.343 e. The molecule has 18 heavy (non-hydrogen) atoms. The van der Waals surface area contributed by atoms with Crippen molar-refractivity contribution >= 4 is 17.2 Å². The van der Waals surface area contributed by atoms with Gasteiger partial charge in [-0.3, -0.25) is 9.89 Å². The summed E-state index contributed by atoms with van der Waals surface area (Å²) in [5.74, 6) is 0.202. The number of aromatic amines is 1. The van der Waals surface area contributed by atoms with E-state index in [0.717, 1.165) is 10.6 Å². The van der Waals surface area contributed by atoms with Crippen LogP contribution in [-0.2, 0) is 0 Å². The molecule has 2 N–H and O–H groups in total. The van der Waals surface area contributed by atoms with E-state index in [1.165, 1.54) is 0 Å². The topological polar surface area (TPSA) is 57.8 Å². The SMILES string of the molecule is CC(C)c1cc(C(=O)NC(C)c2cccs2)n[nH]1. The first-order chi connectivity index (χ1) is 8.58. The Morgan fingerprint density at radius 1 is 1.44 bits per heavy atom. The van der Waals surface area contributed by atoms with Gasteiger partial charge in [0.1, 0.15) is 5.69 Å². The summed E-state index contributed by atoms with van der Waals surface area (Å²) >= 11 is 1.64. The first kappa shape index (κ1) is 12.8. The normalized spacial score (nSPS) is 12.7. The number of amides is 1. The van der Waals surface area contributed by atoms with Gasteiger partial charge in [0, 0.05) is 10.6 Å². The molecule has 0 bridgehead atoms. The molecule has 2 aromatic heterocycles. The zero-order valence-corrected chi connectivity index (χ0v) is 11.5. The third kappa shape index (κ3) is 2.79. The number of aromatic nitrogens is 2. The molecule has 2 rings (SSSR count). The van der Waals surface area contributed by atoms with E-state index in [2.05, 4.69) is 29.4 Å². The lowest BCUT2D eigenvalue weighted by Gasteiger charge is -2.10. The van der Waals surface area contributed by atoms with Crippen molar-refractivity contribution in [2.24, 2.45) is 0 Å². The number of carbonyl (C=O) groups is 1. The maximum atomic E-state index is 12.0. The number of thiophene rings is 1. The van der Waals surface area contributed by atoms with Gasteiger partial charge in [0.05, 0.1) is 6.04 Å². The van der Waals surface area contributed by atoms with Gasteiger partial charge in [0.2, 0.25) is 0 Å². The highest BCUT2D eigenvalue weighted by molar-refractivity contribution is 7.10. The fourth-order valence-electron chi connectivity index (χ4n) is 1.63. The Kier molecular flexibility index (Phi) is 3.81. The van der Waals surface area contributed by atoms with Crippen molar-refractivity contribution in [1.29, 1.82) is 0 Å². The molecule has 0 radical (unpaired) electrons. The quantitative estimate of drug-likeness (QED) is 0.890. The summed E-state index contributed by atoms with van der Waals surface area (Å²) in [6.07, 6.45) is 0. The van der Waals surface area contributed by atoms with E-state index in [9.17, 15) is 4.79 Å². The van der Waals surface area contributed by atoms with Crippen LogP contribution in [0.1, 0.15) is 53.8 Å². The molecule has 0 aliphatic heterocycles. The predicted octanol–water partition coefficient (Wildman–Crippen LogP) is 3.09. The lowest BCUT2D eigenvalue weighted by atomic mass is 10.1. The molecule has 4 nitrogen and oxygen atoms in total. The minimum atomic E-state index is -0.140. The molecule has 5 heteroatoms. The molecule has 0 saturated carbocycles. The Balaban J connectivity index is 2.03. The second-order valence-corrected chi connectivity index (χ2v) is 5.55. The highest BCUT2D eigenvalue weighted by Gasteiger charge is 2.15. The third-order valence-corrected chi connectivity index (χ3v) is 3.82. The molecular formula is C13H17N3OS. The second-order valence-electron chi connectivity index (χ2n) is 4.57. The zero-order valence-electron chi connectivity index (χ0n) is 10.7. The van der Waals surface area contributed by atoms with Crippen molar-refractivity contribution in [3.8, 4) is 0 Å². The lowest BCUT2D eigenvalue weighted by molar-refractivity contribution is 0.0935. The van der Waals surface area contributed by atoms with Crippen LogP contribution in [0.3, 0.4) is 0 Å². The molecule has 0 fully saturated rings. The van der Waals surface area contributed by atoms with E-state index >= 15 is 0 Å². The standard InChI is InChI=1S/C13H17N3OS/c1-8(2)10-7-11(16-15-10)13(17)14-9(3)12-5-4-6-18-12/h4-9H,1-3H3,(H,14,17)(H,15,16). The summed E-state index contributed by atoms with van der Waals surface area (Å²) in [6, 6.07) is 5.81. The highest BCUT2D eigenvalue weighted by Crippen LogP contribution is 2.19. The summed E-state index contributed by atoms with van der Waals surface area (Å²) < 4.78 is 0. The average Bonchev–Trinajstić information content (AvgIpc) is 3.00.